The summed E-state index contributed by atoms with van der Waals surface area (Å²) in [5.41, 5.74) is 0.0839. The van der Waals surface area contributed by atoms with Crippen LogP contribution in [-0.2, 0) is 14.3 Å². The number of rotatable bonds is 0. The standard InChI is InChI=1S/C11H16O3/c1-10(2)7-13-11(14-8-10)5-3-9(12)4-6-11/h3,5H,4,6-8H2,1-2H3. The fraction of sp³-hybridized carbons (Fsp3) is 0.727. The fourth-order valence-electron chi connectivity index (χ4n) is 1.64. The van der Waals surface area contributed by atoms with Crippen molar-refractivity contribution in [1.29, 1.82) is 0 Å². The quantitative estimate of drug-likeness (QED) is 0.591. The van der Waals surface area contributed by atoms with E-state index in [9.17, 15) is 4.79 Å². The maximum absolute atomic E-state index is 11.0. The van der Waals surface area contributed by atoms with Gasteiger partial charge in [-0.1, -0.05) is 13.8 Å². The van der Waals surface area contributed by atoms with Gasteiger partial charge in [0.05, 0.1) is 13.2 Å². The molecule has 0 bridgehead atoms. The van der Waals surface area contributed by atoms with Crippen molar-refractivity contribution in [3.8, 4) is 0 Å². The summed E-state index contributed by atoms with van der Waals surface area (Å²) >= 11 is 0. The van der Waals surface area contributed by atoms with Crippen LogP contribution in [0.5, 0.6) is 0 Å². The first kappa shape index (κ1) is 9.87. The fourth-order valence-corrected chi connectivity index (χ4v) is 1.64. The summed E-state index contributed by atoms with van der Waals surface area (Å²) in [5.74, 6) is -0.448. The van der Waals surface area contributed by atoms with Crippen LogP contribution in [0.15, 0.2) is 12.2 Å². The highest BCUT2D eigenvalue weighted by atomic mass is 16.7. The van der Waals surface area contributed by atoms with E-state index >= 15 is 0 Å². The highest BCUT2D eigenvalue weighted by Gasteiger charge is 2.40. The minimum atomic E-state index is -0.608. The number of ketones is 1. The van der Waals surface area contributed by atoms with Crippen LogP contribution in [0.1, 0.15) is 26.7 Å². The van der Waals surface area contributed by atoms with Gasteiger partial charge in [-0.25, -0.2) is 0 Å². The predicted octanol–water partition coefficient (Wildman–Crippen LogP) is 1.67. The second-order valence-electron chi connectivity index (χ2n) is 4.85. The van der Waals surface area contributed by atoms with Crippen molar-refractivity contribution in [2.24, 2.45) is 5.41 Å². The molecule has 0 unspecified atom stereocenters. The van der Waals surface area contributed by atoms with Gasteiger partial charge in [-0.2, -0.15) is 0 Å². The summed E-state index contributed by atoms with van der Waals surface area (Å²) in [6.45, 7) is 5.59. The molecule has 1 saturated heterocycles. The van der Waals surface area contributed by atoms with Gasteiger partial charge < -0.3 is 9.47 Å². The van der Waals surface area contributed by atoms with E-state index in [2.05, 4.69) is 13.8 Å². The molecule has 0 aromatic rings. The number of hydrogen-bond acceptors (Lipinski definition) is 3. The third-order valence-electron chi connectivity index (χ3n) is 2.66. The first-order chi connectivity index (χ1) is 6.52. The molecule has 78 valence electrons. The summed E-state index contributed by atoms with van der Waals surface area (Å²) in [6.07, 6.45) is 4.51. The van der Waals surface area contributed by atoms with E-state index in [1.807, 2.05) is 0 Å². The molecule has 0 radical (unpaired) electrons. The van der Waals surface area contributed by atoms with Crippen molar-refractivity contribution in [2.75, 3.05) is 13.2 Å². The third-order valence-corrected chi connectivity index (χ3v) is 2.66. The van der Waals surface area contributed by atoms with Crippen molar-refractivity contribution < 1.29 is 14.3 Å². The van der Waals surface area contributed by atoms with Gasteiger partial charge in [-0.15, -0.1) is 0 Å². The molecular weight excluding hydrogens is 180 g/mol. The molecule has 0 atom stereocenters. The summed E-state index contributed by atoms with van der Waals surface area (Å²) in [5, 5.41) is 0. The Morgan fingerprint density at radius 3 is 2.43 bits per heavy atom. The van der Waals surface area contributed by atoms with E-state index in [0.29, 0.717) is 26.1 Å². The van der Waals surface area contributed by atoms with Gasteiger partial charge in [0, 0.05) is 18.3 Å². The van der Waals surface area contributed by atoms with Gasteiger partial charge in [0.25, 0.3) is 0 Å². The van der Waals surface area contributed by atoms with Crippen molar-refractivity contribution in [3.63, 3.8) is 0 Å². The molecule has 0 aromatic heterocycles. The molecule has 0 amide bonds. The van der Waals surface area contributed by atoms with Crippen LogP contribution in [-0.4, -0.2) is 24.8 Å². The molecule has 1 aliphatic heterocycles. The van der Waals surface area contributed by atoms with Crippen LogP contribution < -0.4 is 0 Å². The third kappa shape index (κ3) is 1.88. The Bertz CT molecular complexity index is 268. The molecule has 1 spiro atoms. The van der Waals surface area contributed by atoms with Gasteiger partial charge in [0.15, 0.2) is 11.6 Å². The zero-order valence-electron chi connectivity index (χ0n) is 8.71. The highest BCUT2D eigenvalue weighted by Crippen LogP contribution is 2.34. The van der Waals surface area contributed by atoms with E-state index in [1.54, 1.807) is 12.2 Å². The summed E-state index contributed by atoms with van der Waals surface area (Å²) in [4.78, 5) is 11.0. The van der Waals surface area contributed by atoms with Crippen LogP contribution >= 0.6 is 0 Å². The van der Waals surface area contributed by atoms with Gasteiger partial charge in [0.1, 0.15) is 0 Å². The monoisotopic (exact) mass is 196 g/mol. The van der Waals surface area contributed by atoms with Crippen molar-refractivity contribution in [3.05, 3.63) is 12.2 Å². The second kappa shape index (κ2) is 3.17. The van der Waals surface area contributed by atoms with Crippen LogP contribution in [0.3, 0.4) is 0 Å². The number of carbonyl (C=O) groups is 1. The van der Waals surface area contributed by atoms with Crippen LogP contribution in [0, 0.1) is 5.41 Å². The van der Waals surface area contributed by atoms with Crippen molar-refractivity contribution in [1.82, 2.24) is 0 Å². The van der Waals surface area contributed by atoms with Crippen LogP contribution in [0.4, 0.5) is 0 Å². The Labute approximate surface area is 84.1 Å². The Balaban J connectivity index is 2.06. The molecule has 2 rings (SSSR count). The van der Waals surface area contributed by atoms with Crippen molar-refractivity contribution in [2.45, 2.75) is 32.5 Å². The molecule has 0 N–H and O–H groups in total. The Kier molecular flexibility index (Phi) is 2.24. The van der Waals surface area contributed by atoms with Crippen molar-refractivity contribution >= 4 is 5.78 Å². The summed E-state index contributed by atoms with van der Waals surface area (Å²) in [6, 6.07) is 0. The summed E-state index contributed by atoms with van der Waals surface area (Å²) < 4.78 is 11.4. The van der Waals surface area contributed by atoms with Gasteiger partial charge in [0.2, 0.25) is 0 Å². The van der Waals surface area contributed by atoms with Crippen LogP contribution in [0.25, 0.3) is 0 Å². The molecule has 1 aliphatic carbocycles. The lowest BCUT2D eigenvalue weighted by Gasteiger charge is -2.42. The molecule has 3 nitrogen and oxygen atoms in total. The maximum Gasteiger partial charge on any atom is 0.188 e. The zero-order chi connectivity index (χ0) is 10.2. The maximum atomic E-state index is 11.0. The smallest absolute Gasteiger partial charge is 0.188 e. The molecule has 1 fully saturated rings. The number of ether oxygens (including phenoxy) is 2. The molecule has 3 heteroatoms. The molecule has 1 heterocycles. The lowest BCUT2D eigenvalue weighted by atomic mass is 9.92. The topological polar surface area (TPSA) is 35.5 Å². The van der Waals surface area contributed by atoms with E-state index in [1.165, 1.54) is 0 Å². The zero-order valence-corrected chi connectivity index (χ0v) is 8.71. The van der Waals surface area contributed by atoms with E-state index in [4.69, 9.17) is 9.47 Å². The molecule has 2 aliphatic rings. The minimum Gasteiger partial charge on any atom is -0.346 e. The Morgan fingerprint density at radius 2 is 1.93 bits per heavy atom. The largest absolute Gasteiger partial charge is 0.346 e. The molecule has 14 heavy (non-hydrogen) atoms. The van der Waals surface area contributed by atoms with E-state index in [0.717, 1.165) is 0 Å². The molecular formula is C11H16O3. The van der Waals surface area contributed by atoms with Gasteiger partial charge in [-0.3, -0.25) is 4.79 Å². The number of allylic oxidation sites excluding steroid dienone is 1. The SMILES string of the molecule is CC1(C)COC2(C=CC(=O)CC2)OC1. The minimum absolute atomic E-state index is 0.0839. The number of hydrogen-bond donors (Lipinski definition) is 0. The predicted molar refractivity (Wildman–Crippen MR) is 51.8 cm³/mol. The first-order valence-electron chi connectivity index (χ1n) is 5.01. The number of carbonyl (C=O) groups excluding carboxylic acids is 1. The lowest BCUT2D eigenvalue weighted by molar-refractivity contribution is -0.275. The average Bonchev–Trinajstić information content (AvgIpc) is 2.16. The van der Waals surface area contributed by atoms with E-state index in [-0.39, 0.29) is 11.2 Å². The highest BCUT2D eigenvalue weighted by molar-refractivity contribution is 5.90. The molecule has 0 saturated carbocycles. The average molecular weight is 196 g/mol. The molecule has 0 aromatic carbocycles. The summed E-state index contributed by atoms with van der Waals surface area (Å²) in [7, 11) is 0. The Hall–Kier alpha value is -0.670. The van der Waals surface area contributed by atoms with Gasteiger partial charge >= 0.3 is 0 Å². The lowest BCUT2D eigenvalue weighted by Crippen LogP contribution is -2.47. The Morgan fingerprint density at radius 1 is 1.29 bits per heavy atom. The van der Waals surface area contributed by atoms with E-state index < -0.39 is 5.79 Å². The normalized spacial score (nSPS) is 29.4. The second-order valence-corrected chi connectivity index (χ2v) is 4.85. The van der Waals surface area contributed by atoms with Crippen LogP contribution in [0.2, 0.25) is 0 Å². The van der Waals surface area contributed by atoms with Gasteiger partial charge in [-0.05, 0) is 12.2 Å². The first-order valence-corrected chi connectivity index (χ1v) is 5.01.